The Balaban J connectivity index is 1.84. The summed E-state index contributed by atoms with van der Waals surface area (Å²) in [7, 11) is 1.66. The van der Waals surface area contributed by atoms with Gasteiger partial charge < -0.3 is 20.1 Å². The number of halogens is 2. The summed E-state index contributed by atoms with van der Waals surface area (Å²) >= 11 is 0. The highest BCUT2D eigenvalue weighted by Gasteiger charge is 2.15. The molecule has 2 N–H and O–H groups in total. The molecule has 1 aromatic rings. The molecule has 0 radical (unpaired) electrons. The molecule has 0 aromatic heterocycles. The Morgan fingerprint density at radius 1 is 1.41 bits per heavy atom. The number of hydrogen-bond donors (Lipinski definition) is 2. The van der Waals surface area contributed by atoms with Crippen LogP contribution in [0.5, 0.6) is 5.75 Å². The van der Waals surface area contributed by atoms with Crippen molar-refractivity contribution in [1.29, 1.82) is 0 Å². The molecule has 2 rings (SSSR count). The molecule has 1 aliphatic rings. The highest BCUT2D eigenvalue weighted by Crippen LogP contribution is 2.19. The van der Waals surface area contributed by atoms with Gasteiger partial charge in [0.05, 0.1) is 6.10 Å². The lowest BCUT2D eigenvalue weighted by atomic mass is 10.2. The molecule has 22 heavy (non-hydrogen) atoms. The van der Waals surface area contributed by atoms with Crippen molar-refractivity contribution < 1.29 is 18.3 Å². The third-order valence-corrected chi connectivity index (χ3v) is 3.38. The number of ether oxygens (including phenoxy) is 2. The number of hydrogen-bond acceptors (Lipinski definition) is 3. The van der Waals surface area contributed by atoms with Crippen LogP contribution >= 0.6 is 0 Å². The number of alkyl halides is 2. The third-order valence-electron chi connectivity index (χ3n) is 3.38. The van der Waals surface area contributed by atoms with Gasteiger partial charge in [0.15, 0.2) is 5.96 Å². The van der Waals surface area contributed by atoms with Crippen molar-refractivity contribution in [2.24, 2.45) is 4.99 Å². The Morgan fingerprint density at radius 3 is 2.91 bits per heavy atom. The van der Waals surface area contributed by atoms with Gasteiger partial charge in [-0.25, -0.2) is 0 Å². The quantitative estimate of drug-likeness (QED) is 0.624. The van der Waals surface area contributed by atoms with E-state index in [9.17, 15) is 8.78 Å². The van der Waals surface area contributed by atoms with E-state index < -0.39 is 6.61 Å². The van der Waals surface area contributed by atoms with Crippen molar-refractivity contribution in [1.82, 2.24) is 10.6 Å². The monoisotopic (exact) mass is 313 g/mol. The second-order valence-corrected chi connectivity index (χ2v) is 4.93. The summed E-state index contributed by atoms with van der Waals surface area (Å²) < 4.78 is 34.8. The van der Waals surface area contributed by atoms with E-state index in [0.29, 0.717) is 24.6 Å². The summed E-state index contributed by atoms with van der Waals surface area (Å²) in [6.07, 6.45) is 2.32. The number of nitrogens with zero attached hydrogens (tertiary/aromatic N) is 1. The smallest absolute Gasteiger partial charge is 0.387 e. The van der Waals surface area contributed by atoms with Crippen molar-refractivity contribution in [3.05, 3.63) is 29.8 Å². The highest BCUT2D eigenvalue weighted by atomic mass is 19.3. The zero-order valence-corrected chi connectivity index (χ0v) is 12.5. The van der Waals surface area contributed by atoms with Crippen molar-refractivity contribution in [3.8, 4) is 5.75 Å². The minimum absolute atomic E-state index is 0.166. The topological polar surface area (TPSA) is 54.9 Å². The van der Waals surface area contributed by atoms with Crippen LogP contribution in [-0.4, -0.2) is 38.9 Å². The molecule has 0 bridgehead atoms. The molecule has 1 saturated heterocycles. The van der Waals surface area contributed by atoms with Gasteiger partial charge in [0.25, 0.3) is 0 Å². The number of rotatable bonds is 6. The van der Waals surface area contributed by atoms with Crippen LogP contribution in [0.2, 0.25) is 0 Å². The number of aliphatic imine (C=N–C) groups is 1. The predicted octanol–water partition coefficient (Wildman–Crippen LogP) is 2.13. The van der Waals surface area contributed by atoms with Gasteiger partial charge in [-0.2, -0.15) is 8.78 Å². The standard InChI is InChI=1S/C15H21F2N3O2/c1-18-15(20-10-12-6-4-8-21-12)19-9-11-5-2-3-7-13(11)22-14(16)17/h2-3,5,7,12,14H,4,6,8-10H2,1H3,(H2,18,19,20). The lowest BCUT2D eigenvalue weighted by Gasteiger charge is -2.16. The first kappa shape index (κ1) is 16.5. The molecule has 0 aliphatic carbocycles. The van der Waals surface area contributed by atoms with E-state index in [-0.39, 0.29) is 11.9 Å². The Bertz CT molecular complexity index is 491. The summed E-state index contributed by atoms with van der Waals surface area (Å²) in [6.45, 7) is -1.02. The molecule has 0 spiro atoms. The van der Waals surface area contributed by atoms with Gasteiger partial charge in [-0.1, -0.05) is 18.2 Å². The molecule has 122 valence electrons. The van der Waals surface area contributed by atoms with Crippen LogP contribution in [0.25, 0.3) is 0 Å². The molecule has 1 unspecified atom stereocenters. The first-order valence-electron chi connectivity index (χ1n) is 7.28. The van der Waals surface area contributed by atoms with Crippen LogP contribution < -0.4 is 15.4 Å². The minimum Gasteiger partial charge on any atom is -0.434 e. The Kier molecular flexibility index (Phi) is 6.39. The molecular weight excluding hydrogens is 292 g/mol. The summed E-state index contributed by atoms with van der Waals surface area (Å²) in [4.78, 5) is 4.10. The summed E-state index contributed by atoms with van der Waals surface area (Å²) in [6, 6.07) is 6.69. The van der Waals surface area contributed by atoms with E-state index in [1.54, 1.807) is 25.2 Å². The second kappa shape index (κ2) is 8.53. The van der Waals surface area contributed by atoms with Crippen LogP contribution in [0.4, 0.5) is 8.78 Å². The van der Waals surface area contributed by atoms with Gasteiger partial charge in [0.2, 0.25) is 0 Å². The first-order chi connectivity index (χ1) is 10.7. The van der Waals surface area contributed by atoms with E-state index >= 15 is 0 Å². The van der Waals surface area contributed by atoms with Gasteiger partial charge >= 0.3 is 6.61 Å². The normalized spacial score (nSPS) is 18.5. The molecule has 1 aliphatic heterocycles. The average molecular weight is 313 g/mol. The van der Waals surface area contributed by atoms with E-state index in [2.05, 4.69) is 20.4 Å². The predicted molar refractivity (Wildman–Crippen MR) is 80.2 cm³/mol. The zero-order valence-electron chi connectivity index (χ0n) is 12.5. The number of guanidine groups is 1. The largest absolute Gasteiger partial charge is 0.434 e. The average Bonchev–Trinajstić information content (AvgIpc) is 3.01. The van der Waals surface area contributed by atoms with Gasteiger partial charge in [-0.15, -0.1) is 0 Å². The maximum absolute atomic E-state index is 12.4. The summed E-state index contributed by atoms with van der Waals surface area (Å²) in [5.74, 6) is 0.766. The summed E-state index contributed by atoms with van der Waals surface area (Å²) in [5.41, 5.74) is 0.642. The number of nitrogens with one attached hydrogen (secondary N) is 2. The molecule has 1 aromatic carbocycles. The molecule has 5 nitrogen and oxygen atoms in total. The van der Waals surface area contributed by atoms with Crippen molar-refractivity contribution in [3.63, 3.8) is 0 Å². The lowest BCUT2D eigenvalue weighted by molar-refractivity contribution is -0.0504. The Hall–Kier alpha value is -1.89. The molecule has 1 fully saturated rings. The SMILES string of the molecule is CN=C(NCc1ccccc1OC(F)F)NCC1CCCO1. The molecular formula is C15H21F2N3O2. The second-order valence-electron chi connectivity index (χ2n) is 4.93. The molecule has 0 saturated carbocycles. The third kappa shape index (κ3) is 5.14. The van der Waals surface area contributed by atoms with Gasteiger partial charge in [0, 0.05) is 32.3 Å². The van der Waals surface area contributed by atoms with E-state index in [0.717, 1.165) is 19.4 Å². The summed E-state index contributed by atoms with van der Waals surface area (Å²) in [5, 5.41) is 6.25. The molecule has 1 heterocycles. The van der Waals surface area contributed by atoms with Gasteiger partial charge in [-0.3, -0.25) is 4.99 Å². The van der Waals surface area contributed by atoms with Crippen LogP contribution in [-0.2, 0) is 11.3 Å². The van der Waals surface area contributed by atoms with E-state index in [4.69, 9.17) is 4.74 Å². The van der Waals surface area contributed by atoms with Crippen molar-refractivity contribution in [2.75, 3.05) is 20.2 Å². The Labute approximate surface area is 128 Å². The fourth-order valence-electron chi connectivity index (χ4n) is 2.28. The van der Waals surface area contributed by atoms with Gasteiger partial charge in [-0.05, 0) is 18.9 Å². The number of para-hydroxylation sites is 1. The van der Waals surface area contributed by atoms with Crippen LogP contribution in [0, 0.1) is 0 Å². The maximum atomic E-state index is 12.4. The van der Waals surface area contributed by atoms with E-state index in [1.165, 1.54) is 6.07 Å². The van der Waals surface area contributed by atoms with Crippen molar-refractivity contribution in [2.45, 2.75) is 32.1 Å². The minimum atomic E-state index is -2.84. The zero-order chi connectivity index (χ0) is 15.8. The highest BCUT2D eigenvalue weighted by molar-refractivity contribution is 5.79. The van der Waals surface area contributed by atoms with Crippen LogP contribution in [0.15, 0.2) is 29.3 Å². The molecule has 0 amide bonds. The number of benzene rings is 1. The van der Waals surface area contributed by atoms with E-state index in [1.807, 2.05) is 0 Å². The maximum Gasteiger partial charge on any atom is 0.387 e. The van der Waals surface area contributed by atoms with Crippen LogP contribution in [0.1, 0.15) is 18.4 Å². The van der Waals surface area contributed by atoms with Crippen molar-refractivity contribution >= 4 is 5.96 Å². The Morgan fingerprint density at radius 2 is 2.23 bits per heavy atom. The fourth-order valence-corrected chi connectivity index (χ4v) is 2.28. The fraction of sp³-hybridized carbons (Fsp3) is 0.533. The molecule has 7 heteroatoms. The first-order valence-corrected chi connectivity index (χ1v) is 7.28. The van der Waals surface area contributed by atoms with Crippen LogP contribution in [0.3, 0.4) is 0 Å². The lowest BCUT2D eigenvalue weighted by Crippen LogP contribution is -2.40. The van der Waals surface area contributed by atoms with Gasteiger partial charge in [0.1, 0.15) is 5.75 Å². The molecule has 1 atom stereocenters.